The van der Waals surface area contributed by atoms with Crippen LogP contribution in [0.3, 0.4) is 0 Å². The molecule has 0 atom stereocenters. The second kappa shape index (κ2) is 6.75. The van der Waals surface area contributed by atoms with E-state index in [9.17, 15) is 4.79 Å². The third kappa shape index (κ3) is 3.38. The molecule has 0 saturated heterocycles. The van der Waals surface area contributed by atoms with Crippen molar-refractivity contribution < 1.29 is 14.6 Å². The molecule has 0 spiro atoms. The number of carboxylic acid groups (broad SMARTS) is 1. The van der Waals surface area contributed by atoms with E-state index in [2.05, 4.69) is 6.92 Å². The Balaban J connectivity index is 2.47. The van der Waals surface area contributed by atoms with E-state index in [4.69, 9.17) is 9.84 Å². The van der Waals surface area contributed by atoms with Gasteiger partial charge in [-0.2, -0.15) is 0 Å². The molecule has 0 radical (unpaired) electrons. The Kier molecular flexibility index (Phi) is 4.77. The highest BCUT2D eigenvalue weighted by atomic mass is 16.7. The van der Waals surface area contributed by atoms with Gasteiger partial charge < -0.3 is 9.84 Å². The highest BCUT2D eigenvalue weighted by molar-refractivity contribution is 5.75. The van der Waals surface area contributed by atoms with Crippen LogP contribution in [-0.4, -0.2) is 11.3 Å². The molecule has 2 aromatic rings. The number of rotatable bonds is 5. The largest absolute Gasteiger partial charge is 0.511 e. The van der Waals surface area contributed by atoms with Crippen LogP contribution in [0.1, 0.15) is 25.3 Å². The van der Waals surface area contributed by atoms with Crippen LogP contribution in [0.4, 0.5) is 4.79 Å². The predicted octanol–water partition coefficient (Wildman–Crippen LogP) is 4.75. The summed E-state index contributed by atoms with van der Waals surface area (Å²) in [6.07, 6.45) is 1.61. The van der Waals surface area contributed by atoms with E-state index < -0.39 is 6.16 Å². The highest BCUT2D eigenvalue weighted by Gasteiger charge is 2.14. The SMILES string of the molecule is CCCCc1cccc(-c2ccccc2)c1OC(=O)O. The van der Waals surface area contributed by atoms with E-state index in [1.807, 2.05) is 48.5 Å². The summed E-state index contributed by atoms with van der Waals surface area (Å²) in [6, 6.07) is 15.5. The van der Waals surface area contributed by atoms with Crippen molar-refractivity contribution in [1.29, 1.82) is 0 Å². The van der Waals surface area contributed by atoms with E-state index in [0.29, 0.717) is 5.75 Å². The van der Waals surface area contributed by atoms with Gasteiger partial charge in [0.05, 0.1) is 0 Å². The van der Waals surface area contributed by atoms with Gasteiger partial charge in [-0.25, -0.2) is 4.79 Å². The molecule has 0 bridgehead atoms. The van der Waals surface area contributed by atoms with Crippen molar-refractivity contribution in [2.45, 2.75) is 26.2 Å². The quantitative estimate of drug-likeness (QED) is 0.629. The van der Waals surface area contributed by atoms with Gasteiger partial charge >= 0.3 is 6.16 Å². The predicted molar refractivity (Wildman–Crippen MR) is 79.1 cm³/mol. The summed E-state index contributed by atoms with van der Waals surface area (Å²) in [7, 11) is 0. The first-order valence-electron chi connectivity index (χ1n) is 6.80. The van der Waals surface area contributed by atoms with Crippen LogP contribution >= 0.6 is 0 Å². The monoisotopic (exact) mass is 270 g/mol. The Hall–Kier alpha value is -2.29. The number of hydrogen-bond donors (Lipinski definition) is 1. The number of unbranched alkanes of at least 4 members (excludes halogenated alkanes) is 1. The molecule has 3 heteroatoms. The molecule has 3 nitrogen and oxygen atoms in total. The van der Waals surface area contributed by atoms with Crippen molar-refractivity contribution in [2.24, 2.45) is 0 Å². The Morgan fingerprint density at radius 1 is 1.10 bits per heavy atom. The fraction of sp³-hybridized carbons (Fsp3) is 0.235. The Bertz CT molecular complexity index is 576. The van der Waals surface area contributed by atoms with Crippen molar-refractivity contribution in [3.63, 3.8) is 0 Å². The van der Waals surface area contributed by atoms with E-state index in [-0.39, 0.29) is 0 Å². The van der Waals surface area contributed by atoms with Crippen LogP contribution in [0.25, 0.3) is 11.1 Å². The minimum atomic E-state index is -1.27. The van der Waals surface area contributed by atoms with Gasteiger partial charge in [-0.15, -0.1) is 0 Å². The minimum Gasteiger partial charge on any atom is -0.449 e. The second-order valence-corrected chi connectivity index (χ2v) is 4.63. The zero-order valence-electron chi connectivity index (χ0n) is 11.5. The first-order chi connectivity index (χ1) is 9.72. The maximum absolute atomic E-state index is 11.0. The molecule has 0 aliphatic carbocycles. The smallest absolute Gasteiger partial charge is 0.449 e. The van der Waals surface area contributed by atoms with Gasteiger partial charge in [-0.3, -0.25) is 0 Å². The number of para-hydroxylation sites is 1. The van der Waals surface area contributed by atoms with Crippen LogP contribution < -0.4 is 4.74 Å². The maximum Gasteiger partial charge on any atom is 0.511 e. The van der Waals surface area contributed by atoms with E-state index in [1.54, 1.807) is 0 Å². The van der Waals surface area contributed by atoms with E-state index >= 15 is 0 Å². The molecule has 0 fully saturated rings. The average Bonchev–Trinajstić information content (AvgIpc) is 2.46. The lowest BCUT2D eigenvalue weighted by Crippen LogP contribution is -2.06. The van der Waals surface area contributed by atoms with Crippen LogP contribution in [0.2, 0.25) is 0 Å². The number of ether oxygens (including phenoxy) is 1. The third-order valence-electron chi connectivity index (χ3n) is 3.17. The highest BCUT2D eigenvalue weighted by Crippen LogP contribution is 2.34. The van der Waals surface area contributed by atoms with Gasteiger partial charge in [0, 0.05) is 5.56 Å². The van der Waals surface area contributed by atoms with Crippen LogP contribution in [0.15, 0.2) is 48.5 Å². The zero-order chi connectivity index (χ0) is 14.4. The first kappa shape index (κ1) is 14.1. The van der Waals surface area contributed by atoms with Gasteiger partial charge in [-0.1, -0.05) is 61.9 Å². The van der Waals surface area contributed by atoms with E-state index in [1.165, 1.54) is 0 Å². The maximum atomic E-state index is 11.0. The summed E-state index contributed by atoms with van der Waals surface area (Å²) in [5, 5.41) is 8.97. The van der Waals surface area contributed by atoms with Gasteiger partial charge in [0.1, 0.15) is 5.75 Å². The summed E-state index contributed by atoms with van der Waals surface area (Å²) >= 11 is 0. The normalized spacial score (nSPS) is 10.2. The first-order valence-corrected chi connectivity index (χ1v) is 6.80. The van der Waals surface area contributed by atoms with Crippen LogP contribution in [0.5, 0.6) is 5.75 Å². The Morgan fingerprint density at radius 2 is 1.85 bits per heavy atom. The van der Waals surface area contributed by atoms with Crippen molar-refractivity contribution in [3.05, 3.63) is 54.1 Å². The number of aryl methyl sites for hydroxylation is 1. The molecule has 2 aromatic carbocycles. The molecule has 0 aromatic heterocycles. The molecule has 0 amide bonds. The second-order valence-electron chi connectivity index (χ2n) is 4.63. The van der Waals surface area contributed by atoms with Crippen molar-refractivity contribution in [2.75, 3.05) is 0 Å². The topological polar surface area (TPSA) is 46.5 Å². The van der Waals surface area contributed by atoms with Gasteiger partial charge in [0.15, 0.2) is 0 Å². The zero-order valence-corrected chi connectivity index (χ0v) is 11.5. The fourth-order valence-corrected chi connectivity index (χ4v) is 2.20. The van der Waals surface area contributed by atoms with Crippen molar-refractivity contribution in [1.82, 2.24) is 0 Å². The van der Waals surface area contributed by atoms with Gasteiger partial charge in [-0.05, 0) is 24.0 Å². The average molecular weight is 270 g/mol. The fourth-order valence-electron chi connectivity index (χ4n) is 2.20. The Labute approximate surface area is 118 Å². The summed E-state index contributed by atoms with van der Waals surface area (Å²) in [4.78, 5) is 11.0. The summed E-state index contributed by atoms with van der Waals surface area (Å²) < 4.78 is 5.04. The molecule has 0 unspecified atom stereocenters. The van der Waals surface area contributed by atoms with Crippen LogP contribution in [0, 0.1) is 0 Å². The lowest BCUT2D eigenvalue weighted by atomic mass is 9.99. The molecule has 0 heterocycles. The molecular weight excluding hydrogens is 252 g/mol. The van der Waals surface area contributed by atoms with Gasteiger partial charge in [0.2, 0.25) is 0 Å². The molecule has 1 N–H and O–H groups in total. The lowest BCUT2D eigenvalue weighted by Gasteiger charge is -2.13. The summed E-state index contributed by atoms with van der Waals surface area (Å²) in [6.45, 7) is 2.11. The number of hydrogen-bond acceptors (Lipinski definition) is 2. The number of benzene rings is 2. The molecule has 104 valence electrons. The van der Waals surface area contributed by atoms with Gasteiger partial charge in [0.25, 0.3) is 0 Å². The van der Waals surface area contributed by atoms with Crippen molar-refractivity contribution in [3.8, 4) is 16.9 Å². The molecule has 0 aliphatic rings. The standard InChI is InChI=1S/C17H18O3/c1-2-3-8-14-11-7-12-15(16(14)20-17(18)19)13-9-5-4-6-10-13/h4-7,9-12H,2-3,8H2,1H3,(H,18,19). The third-order valence-corrected chi connectivity index (χ3v) is 3.17. The van der Waals surface area contributed by atoms with Crippen molar-refractivity contribution >= 4 is 6.16 Å². The molecular formula is C17H18O3. The lowest BCUT2D eigenvalue weighted by molar-refractivity contribution is 0.144. The van der Waals surface area contributed by atoms with E-state index in [0.717, 1.165) is 36.0 Å². The summed E-state index contributed by atoms with van der Waals surface area (Å²) in [5.74, 6) is 0.458. The summed E-state index contributed by atoms with van der Waals surface area (Å²) in [5.41, 5.74) is 2.72. The van der Waals surface area contributed by atoms with Crippen LogP contribution in [-0.2, 0) is 6.42 Å². The minimum absolute atomic E-state index is 0.458. The molecule has 20 heavy (non-hydrogen) atoms. The Morgan fingerprint density at radius 3 is 2.50 bits per heavy atom. The molecule has 0 aliphatic heterocycles. The molecule has 0 saturated carbocycles. The molecule has 2 rings (SSSR count). The number of carbonyl (C=O) groups is 1.